The van der Waals surface area contributed by atoms with Crippen LogP contribution >= 0.6 is 11.3 Å². The molecule has 0 aliphatic carbocycles. The van der Waals surface area contributed by atoms with Gasteiger partial charge < -0.3 is 15.6 Å². The standard InChI is InChI=1S/C13H10N4O2S/c14-13-16-10(7-20-13)11-6-9(17-19-11)12(18)15-8-4-2-1-3-5-8/h1-7H,(H2,14,16)(H,15,18). The zero-order valence-electron chi connectivity index (χ0n) is 10.2. The molecule has 0 aliphatic heterocycles. The van der Waals surface area contributed by atoms with Crippen LogP contribution < -0.4 is 11.1 Å². The van der Waals surface area contributed by atoms with Gasteiger partial charge in [-0.25, -0.2) is 4.98 Å². The zero-order chi connectivity index (χ0) is 13.9. The summed E-state index contributed by atoms with van der Waals surface area (Å²) in [6.45, 7) is 0. The first-order chi connectivity index (χ1) is 9.72. The van der Waals surface area contributed by atoms with Crippen molar-refractivity contribution in [2.24, 2.45) is 0 Å². The second-order valence-electron chi connectivity index (χ2n) is 3.97. The van der Waals surface area contributed by atoms with Crippen LogP contribution in [0.1, 0.15) is 10.5 Å². The van der Waals surface area contributed by atoms with Crippen LogP contribution in [0.5, 0.6) is 0 Å². The Bertz CT molecular complexity index is 736. The van der Waals surface area contributed by atoms with E-state index >= 15 is 0 Å². The van der Waals surface area contributed by atoms with E-state index < -0.39 is 0 Å². The number of nitrogens with one attached hydrogen (secondary N) is 1. The molecule has 2 heterocycles. The molecule has 0 saturated carbocycles. The fourth-order valence-corrected chi connectivity index (χ4v) is 2.17. The second kappa shape index (κ2) is 5.14. The Balaban J connectivity index is 1.78. The van der Waals surface area contributed by atoms with Crippen molar-refractivity contribution in [2.75, 3.05) is 11.1 Å². The molecule has 0 atom stereocenters. The van der Waals surface area contributed by atoms with Crippen LogP contribution in [0.3, 0.4) is 0 Å². The fourth-order valence-electron chi connectivity index (χ4n) is 1.62. The molecule has 0 unspecified atom stereocenters. The molecule has 0 bridgehead atoms. The first-order valence-electron chi connectivity index (χ1n) is 5.77. The Hall–Kier alpha value is -2.67. The fraction of sp³-hybridized carbons (Fsp3) is 0. The van der Waals surface area contributed by atoms with E-state index in [-0.39, 0.29) is 11.6 Å². The van der Waals surface area contributed by atoms with E-state index in [0.29, 0.717) is 22.3 Å². The average Bonchev–Trinajstić information content (AvgIpc) is 3.08. The topological polar surface area (TPSA) is 94.0 Å². The number of aromatic nitrogens is 2. The minimum atomic E-state index is -0.339. The smallest absolute Gasteiger partial charge is 0.277 e. The van der Waals surface area contributed by atoms with Crippen molar-refractivity contribution in [3.63, 3.8) is 0 Å². The molecule has 0 aliphatic rings. The van der Waals surface area contributed by atoms with Crippen molar-refractivity contribution in [3.8, 4) is 11.5 Å². The van der Waals surface area contributed by atoms with Crippen LogP contribution in [0, 0.1) is 0 Å². The minimum Gasteiger partial charge on any atom is -0.375 e. The Morgan fingerprint density at radius 3 is 2.80 bits per heavy atom. The maximum atomic E-state index is 12.0. The van der Waals surface area contributed by atoms with Crippen molar-refractivity contribution in [1.82, 2.24) is 10.1 Å². The molecule has 1 aromatic carbocycles. The van der Waals surface area contributed by atoms with Gasteiger partial charge in [0.05, 0.1) is 0 Å². The third kappa shape index (κ3) is 2.52. The summed E-state index contributed by atoms with van der Waals surface area (Å²) in [4.78, 5) is 16.1. The Morgan fingerprint density at radius 2 is 2.10 bits per heavy atom. The van der Waals surface area contributed by atoms with Gasteiger partial charge in [0.15, 0.2) is 16.6 Å². The molecule has 20 heavy (non-hydrogen) atoms. The van der Waals surface area contributed by atoms with E-state index in [0.717, 1.165) is 0 Å². The number of para-hydroxylation sites is 1. The number of hydrogen-bond donors (Lipinski definition) is 2. The number of carbonyl (C=O) groups excluding carboxylic acids is 1. The van der Waals surface area contributed by atoms with Crippen LogP contribution in [-0.2, 0) is 0 Å². The van der Waals surface area contributed by atoms with Gasteiger partial charge in [0.2, 0.25) is 0 Å². The Morgan fingerprint density at radius 1 is 1.30 bits per heavy atom. The lowest BCUT2D eigenvalue weighted by Crippen LogP contribution is -2.11. The summed E-state index contributed by atoms with van der Waals surface area (Å²) >= 11 is 1.30. The molecule has 3 rings (SSSR count). The van der Waals surface area contributed by atoms with Gasteiger partial charge in [-0.15, -0.1) is 11.3 Å². The van der Waals surface area contributed by atoms with Crippen molar-refractivity contribution >= 4 is 28.1 Å². The molecule has 3 aromatic rings. The minimum absolute atomic E-state index is 0.190. The van der Waals surface area contributed by atoms with Crippen molar-refractivity contribution in [2.45, 2.75) is 0 Å². The first-order valence-corrected chi connectivity index (χ1v) is 6.65. The van der Waals surface area contributed by atoms with E-state index in [2.05, 4.69) is 15.5 Å². The highest BCUT2D eigenvalue weighted by Crippen LogP contribution is 2.23. The summed E-state index contributed by atoms with van der Waals surface area (Å²) in [6.07, 6.45) is 0. The van der Waals surface area contributed by atoms with E-state index in [4.69, 9.17) is 10.3 Å². The number of nitrogens with two attached hydrogens (primary N) is 1. The van der Waals surface area contributed by atoms with Crippen LogP contribution in [0.25, 0.3) is 11.5 Å². The average molecular weight is 286 g/mol. The van der Waals surface area contributed by atoms with Crippen LogP contribution in [0.4, 0.5) is 10.8 Å². The third-order valence-corrected chi connectivity index (χ3v) is 3.22. The Labute approximate surface area is 118 Å². The maximum absolute atomic E-state index is 12.0. The number of anilines is 2. The second-order valence-corrected chi connectivity index (χ2v) is 4.86. The van der Waals surface area contributed by atoms with Gasteiger partial charge in [0.25, 0.3) is 5.91 Å². The molecule has 3 N–H and O–H groups in total. The molecule has 6 nitrogen and oxygen atoms in total. The number of thiazole rings is 1. The highest BCUT2D eigenvalue weighted by Gasteiger charge is 2.15. The highest BCUT2D eigenvalue weighted by atomic mass is 32.1. The number of nitrogens with zero attached hydrogens (tertiary/aromatic N) is 2. The summed E-state index contributed by atoms with van der Waals surface area (Å²) in [5.74, 6) is 0.0746. The molecular formula is C13H10N4O2S. The van der Waals surface area contributed by atoms with Gasteiger partial charge in [-0.1, -0.05) is 23.4 Å². The lowest BCUT2D eigenvalue weighted by molar-refractivity contribution is 0.101. The van der Waals surface area contributed by atoms with Crippen molar-refractivity contribution in [1.29, 1.82) is 0 Å². The van der Waals surface area contributed by atoms with E-state index in [1.807, 2.05) is 18.2 Å². The SMILES string of the molecule is Nc1nc(-c2cc(C(=O)Nc3ccccc3)no2)cs1. The maximum Gasteiger partial charge on any atom is 0.277 e. The summed E-state index contributed by atoms with van der Waals surface area (Å²) in [5, 5.41) is 8.64. The van der Waals surface area contributed by atoms with Crippen LogP contribution in [-0.4, -0.2) is 16.0 Å². The van der Waals surface area contributed by atoms with Gasteiger partial charge in [0.1, 0.15) is 5.69 Å². The molecule has 0 saturated heterocycles. The van der Waals surface area contributed by atoms with Gasteiger partial charge in [-0.05, 0) is 12.1 Å². The van der Waals surface area contributed by atoms with Crippen molar-refractivity contribution < 1.29 is 9.32 Å². The van der Waals surface area contributed by atoms with Gasteiger partial charge in [0, 0.05) is 17.1 Å². The molecule has 0 fully saturated rings. The molecule has 0 spiro atoms. The Kier molecular flexibility index (Phi) is 3.18. The predicted molar refractivity (Wildman–Crippen MR) is 76.4 cm³/mol. The number of benzene rings is 1. The number of amides is 1. The lowest BCUT2D eigenvalue weighted by atomic mass is 10.3. The van der Waals surface area contributed by atoms with Crippen molar-refractivity contribution in [3.05, 3.63) is 47.5 Å². The summed E-state index contributed by atoms with van der Waals surface area (Å²) in [7, 11) is 0. The van der Waals surface area contributed by atoms with Crippen LogP contribution in [0.15, 0.2) is 46.3 Å². The summed E-state index contributed by atoms with van der Waals surface area (Å²) in [6, 6.07) is 10.7. The first kappa shape index (κ1) is 12.4. The van der Waals surface area contributed by atoms with Gasteiger partial charge in [-0.2, -0.15) is 0 Å². The molecular weight excluding hydrogens is 276 g/mol. The monoisotopic (exact) mass is 286 g/mol. The number of carbonyl (C=O) groups is 1. The summed E-state index contributed by atoms with van der Waals surface area (Å²) in [5.41, 5.74) is 7.00. The van der Waals surface area contributed by atoms with Gasteiger partial charge >= 0.3 is 0 Å². The van der Waals surface area contributed by atoms with E-state index in [1.54, 1.807) is 17.5 Å². The molecule has 2 aromatic heterocycles. The van der Waals surface area contributed by atoms with E-state index in [1.165, 1.54) is 17.4 Å². The molecule has 1 amide bonds. The van der Waals surface area contributed by atoms with Gasteiger partial charge in [-0.3, -0.25) is 4.79 Å². The molecule has 0 radical (unpaired) electrons. The molecule has 7 heteroatoms. The predicted octanol–water partition coefficient (Wildman–Crippen LogP) is 2.63. The number of rotatable bonds is 3. The normalized spacial score (nSPS) is 10.4. The zero-order valence-corrected chi connectivity index (χ0v) is 11.1. The largest absolute Gasteiger partial charge is 0.375 e. The quantitative estimate of drug-likeness (QED) is 0.772. The third-order valence-electron chi connectivity index (χ3n) is 2.55. The number of hydrogen-bond acceptors (Lipinski definition) is 6. The molecule has 100 valence electrons. The van der Waals surface area contributed by atoms with Crippen LogP contribution in [0.2, 0.25) is 0 Å². The number of nitrogen functional groups attached to an aromatic ring is 1. The van der Waals surface area contributed by atoms with E-state index in [9.17, 15) is 4.79 Å². The highest BCUT2D eigenvalue weighted by molar-refractivity contribution is 7.13. The lowest BCUT2D eigenvalue weighted by Gasteiger charge is -2.00. The summed E-state index contributed by atoms with van der Waals surface area (Å²) < 4.78 is 5.10.